The Morgan fingerprint density at radius 3 is 1.28 bits per heavy atom. The second kappa shape index (κ2) is 30.5. The maximum absolute atomic E-state index is 14.1. The molecule has 0 amide bonds. The van der Waals surface area contributed by atoms with Crippen molar-refractivity contribution in [1.82, 2.24) is 0 Å². The molecule has 2 aliphatic rings. The van der Waals surface area contributed by atoms with E-state index < -0.39 is 63.4 Å². The lowest BCUT2D eigenvalue weighted by Gasteiger charge is -2.42. The van der Waals surface area contributed by atoms with Gasteiger partial charge in [-0.3, -0.25) is 0 Å². The SMILES string of the molecule is C=CCOC(=O)/C=C/C[C@H]1C[C@@H](O[Si](C)(C)C(C)(C)C)[C@@H](C)CCCCc2cccc(O[Si](C)(C)C(C)(C)C)c2C(=O)O1.C[C@H]1CCCCc2cccc(O[Si](C)(C)C(C)(C)C)c2C(=O)O[C@@H](C/C=C/C(=O)O)C[C@H]1O[Si](C)(C)C(C)(C)C. The third kappa shape index (κ3) is 22.3. The highest BCUT2D eigenvalue weighted by Crippen LogP contribution is 2.44. The van der Waals surface area contributed by atoms with Crippen molar-refractivity contribution in [2.75, 3.05) is 6.61 Å². The van der Waals surface area contributed by atoms with Crippen molar-refractivity contribution < 1.29 is 56.2 Å². The van der Waals surface area contributed by atoms with Gasteiger partial charge in [0.05, 0.1) is 12.2 Å². The molecule has 16 heteroatoms. The molecule has 0 radical (unpaired) electrons. The first-order chi connectivity index (χ1) is 38.0. The molecule has 2 aliphatic heterocycles. The summed E-state index contributed by atoms with van der Waals surface area (Å²) in [6.45, 7) is 52.6. The maximum Gasteiger partial charge on any atom is 0.342 e. The van der Waals surface area contributed by atoms with Crippen LogP contribution in [-0.4, -0.2) is 93.3 Å². The van der Waals surface area contributed by atoms with Crippen molar-refractivity contribution in [1.29, 1.82) is 0 Å². The molecule has 0 bridgehead atoms. The molecule has 6 atom stereocenters. The number of carbonyl (C=O) groups is 4. The van der Waals surface area contributed by atoms with Crippen molar-refractivity contribution in [3.05, 3.63) is 95.6 Å². The van der Waals surface area contributed by atoms with Gasteiger partial charge in [-0.05, 0) is 146 Å². The van der Waals surface area contributed by atoms with Gasteiger partial charge in [0.15, 0.2) is 16.6 Å². The highest BCUT2D eigenvalue weighted by atomic mass is 28.4. The Morgan fingerprint density at radius 2 is 0.940 bits per heavy atom. The predicted octanol–water partition coefficient (Wildman–Crippen LogP) is 18.2. The summed E-state index contributed by atoms with van der Waals surface area (Å²) >= 11 is 0. The van der Waals surface area contributed by atoms with Crippen LogP contribution in [0.3, 0.4) is 0 Å². The zero-order chi connectivity index (χ0) is 63.2. The molecule has 0 aromatic heterocycles. The minimum absolute atomic E-state index is 0.0248. The monoisotopic (exact) mass is 1220 g/mol. The van der Waals surface area contributed by atoms with Crippen molar-refractivity contribution >= 4 is 57.1 Å². The molecule has 4 rings (SSSR count). The standard InChI is InChI=1S/C35H58O6Si2.C32H54O6Si2/c1-13-24-38-31(36)23-17-21-28-25-30(41-43(11,12)35(6,7)8)26(2)18-14-15-19-27-20-16-22-29(32(27)33(37)39-28)40-42(9,10)34(3,4)5;1-23-16-12-13-17-24-18-14-20-26(37-39(8,9)31(2,3)4)29(24)30(35)36-25(19-15-21-28(33)34)22-27(23)38-40(10,11)32(5,6)7/h13,16-17,20,22-23,26,28,30H,1,14-15,18-19,21,24-25H2,2-12H3;14-15,18,20-21,23,25,27H,12-13,16-17,19,22H2,1-11H3,(H,33,34)/b23-17+;21-15+/t26-,28-,30+;23-,25-,27+/m00/s1. The first-order valence-electron chi connectivity index (χ1n) is 30.8. The van der Waals surface area contributed by atoms with Crippen molar-refractivity contribution in [2.24, 2.45) is 11.8 Å². The van der Waals surface area contributed by atoms with E-state index in [0.29, 0.717) is 54.2 Å². The fourth-order valence-electron chi connectivity index (χ4n) is 9.05. The van der Waals surface area contributed by atoms with Crippen LogP contribution in [0.5, 0.6) is 11.5 Å². The number of carboxylic acids is 1. The number of esters is 3. The van der Waals surface area contributed by atoms with E-state index in [9.17, 15) is 24.3 Å². The van der Waals surface area contributed by atoms with Gasteiger partial charge in [0.2, 0.25) is 0 Å². The smallest absolute Gasteiger partial charge is 0.342 e. The molecule has 468 valence electrons. The lowest BCUT2D eigenvalue weighted by Crippen LogP contribution is -2.46. The summed E-state index contributed by atoms with van der Waals surface area (Å²) in [6.07, 6.45) is 15.6. The van der Waals surface area contributed by atoms with Crippen LogP contribution in [0.25, 0.3) is 0 Å². The summed E-state index contributed by atoms with van der Waals surface area (Å²) in [5.74, 6) is -0.470. The number of benzene rings is 2. The number of aliphatic carboxylic acids is 1. The van der Waals surface area contributed by atoms with Crippen molar-refractivity contribution in [2.45, 2.75) is 271 Å². The van der Waals surface area contributed by atoms with E-state index in [2.05, 4.69) is 156 Å². The van der Waals surface area contributed by atoms with E-state index in [-0.39, 0.29) is 50.9 Å². The molecule has 0 fully saturated rings. The molecule has 0 unspecified atom stereocenters. The van der Waals surface area contributed by atoms with E-state index in [0.717, 1.165) is 68.6 Å². The molecule has 0 saturated carbocycles. The van der Waals surface area contributed by atoms with Crippen molar-refractivity contribution in [3.8, 4) is 11.5 Å². The molecule has 0 aliphatic carbocycles. The van der Waals surface area contributed by atoms with E-state index in [4.69, 9.17) is 31.9 Å². The van der Waals surface area contributed by atoms with Crippen LogP contribution in [0.2, 0.25) is 72.5 Å². The molecule has 0 spiro atoms. The maximum atomic E-state index is 14.1. The number of aryl methyl sites for hydroxylation is 2. The summed E-state index contributed by atoms with van der Waals surface area (Å²) in [4.78, 5) is 51.4. The lowest BCUT2D eigenvalue weighted by atomic mass is 9.91. The number of carboxylic acid groups (broad SMARTS) is 1. The van der Waals surface area contributed by atoms with Crippen LogP contribution in [0.4, 0.5) is 0 Å². The Kier molecular flexibility index (Phi) is 26.9. The number of hydrogen-bond acceptors (Lipinski definition) is 11. The Labute approximate surface area is 507 Å². The summed E-state index contributed by atoms with van der Waals surface area (Å²) in [5.41, 5.74) is 2.95. The molecule has 2 aromatic rings. The third-order valence-electron chi connectivity index (χ3n) is 18.7. The van der Waals surface area contributed by atoms with Crippen LogP contribution in [0.1, 0.15) is 193 Å². The molecule has 12 nitrogen and oxygen atoms in total. The van der Waals surface area contributed by atoms with Gasteiger partial charge in [-0.15, -0.1) is 0 Å². The van der Waals surface area contributed by atoms with Gasteiger partial charge in [-0.2, -0.15) is 0 Å². The molecule has 2 aromatic carbocycles. The number of hydrogen-bond donors (Lipinski definition) is 1. The average Bonchev–Trinajstić information content (AvgIpc) is 3.24. The Hall–Kier alpha value is -4.07. The van der Waals surface area contributed by atoms with Gasteiger partial charge in [0.25, 0.3) is 16.6 Å². The zero-order valence-corrected chi connectivity index (χ0v) is 59.7. The van der Waals surface area contributed by atoms with Gasteiger partial charge in [0.1, 0.15) is 41.4 Å². The predicted molar refractivity (Wildman–Crippen MR) is 350 cm³/mol. The van der Waals surface area contributed by atoms with Crippen LogP contribution < -0.4 is 8.85 Å². The molecule has 1 N–H and O–H groups in total. The number of rotatable bonds is 16. The first kappa shape index (κ1) is 73.2. The minimum Gasteiger partial charge on any atom is -0.543 e. The molecular formula is C67H112O12Si4. The Bertz CT molecular complexity index is 2520. The van der Waals surface area contributed by atoms with Gasteiger partial charge < -0.3 is 37.0 Å². The summed E-state index contributed by atoms with van der Waals surface area (Å²) in [7, 11) is -8.65. The highest BCUT2D eigenvalue weighted by molar-refractivity contribution is 6.75. The lowest BCUT2D eigenvalue weighted by molar-refractivity contribution is -0.136. The summed E-state index contributed by atoms with van der Waals surface area (Å²) in [5, 5.41) is 9.23. The van der Waals surface area contributed by atoms with E-state index >= 15 is 0 Å². The molecular weight excluding hydrogens is 1110 g/mol. The van der Waals surface area contributed by atoms with Gasteiger partial charge >= 0.3 is 23.9 Å². The van der Waals surface area contributed by atoms with Gasteiger partial charge in [-0.1, -0.05) is 159 Å². The average molecular weight is 1220 g/mol. The number of cyclic esters (lactones) is 2. The highest BCUT2D eigenvalue weighted by Gasteiger charge is 2.45. The fourth-order valence-corrected chi connectivity index (χ4v) is 14.0. The quantitative estimate of drug-likeness (QED) is 0.0559. The molecule has 0 saturated heterocycles. The van der Waals surface area contributed by atoms with Crippen LogP contribution >= 0.6 is 0 Å². The third-order valence-corrected chi connectivity index (χ3v) is 36.3. The van der Waals surface area contributed by atoms with Crippen molar-refractivity contribution in [3.63, 3.8) is 0 Å². The van der Waals surface area contributed by atoms with Crippen LogP contribution in [-0.2, 0) is 45.5 Å². The first-order valence-corrected chi connectivity index (χ1v) is 42.4. The minimum atomic E-state index is -2.22. The second-order valence-corrected chi connectivity index (χ2v) is 48.6. The number of fused-ring (bicyclic) bond motifs is 2. The molecule has 2 heterocycles. The van der Waals surface area contributed by atoms with Crippen LogP contribution in [0, 0.1) is 11.8 Å². The van der Waals surface area contributed by atoms with Crippen LogP contribution in [0.15, 0.2) is 73.4 Å². The normalized spacial score (nSPS) is 21.7. The van der Waals surface area contributed by atoms with Gasteiger partial charge in [-0.25, -0.2) is 19.2 Å². The number of carbonyl (C=O) groups excluding carboxylic acids is 3. The molecule has 83 heavy (non-hydrogen) atoms. The second-order valence-electron chi connectivity index (χ2n) is 29.6. The van der Waals surface area contributed by atoms with E-state index in [1.54, 1.807) is 12.2 Å². The summed E-state index contributed by atoms with van der Waals surface area (Å²) < 4.78 is 45.0. The van der Waals surface area contributed by atoms with Gasteiger partial charge in [0, 0.05) is 37.8 Å². The Morgan fingerprint density at radius 1 is 0.578 bits per heavy atom. The van der Waals surface area contributed by atoms with E-state index in [1.807, 2.05) is 36.4 Å². The number of ether oxygens (including phenoxy) is 3. The topological polar surface area (TPSA) is 153 Å². The zero-order valence-electron chi connectivity index (χ0n) is 55.7. The summed E-state index contributed by atoms with van der Waals surface area (Å²) in [6, 6.07) is 11.8. The fraction of sp³-hybridized carbons (Fsp3) is 0.672. The van der Waals surface area contributed by atoms with E-state index in [1.165, 1.54) is 12.2 Å². The largest absolute Gasteiger partial charge is 0.543 e. The Balaban J connectivity index is 0.000000436.